The molecule has 0 aromatic carbocycles. The van der Waals surface area contributed by atoms with Crippen molar-refractivity contribution < 1.29 is 0 Å². The normalized spacial score (nSPS) is 34.8. The van der Waals surface area contributed by atoms with E-state index in [1.165, 1.54) is 19.3 Å². The Hall–Kier alpha value is 0. The average Bonchev–Trinajstić information content (AvgIpc) is 1.88. The van der Waals surface area contributed by atoms with E-state index in [-0.39, 0.29) is 0 Å². The van der Waals surface area contributed by atoms with Crippen molar-refractivity contribution in [1.29, 1.82) is 0 Å². The van der Waals surface area contributed by atoms with Crippen LogP contribution in [0.1, 0.15) is 40.0 Å². The first-order valence-electron chi connectivity index (χ1n) is 4.51. The zero-order chi connectivity index (χ0) is 7.56. The van der Waals surface area contributed by atoms with Crippen molar-refractivity contribution in [3.63, 3.8) is 0 Å². The Balaban J connectivity index is 2.32. The molecule has 0 saturated heterocycles. The second-order valence-corrected chi connectivity index (χ2v) is 4.11. The average molecular weight is 139 g/mol. The third-order valence-corrected chi connectivity index (χ3v) is 2.69. The molecule has 0 N–H and O–H groups in total. The van der Waals surface area contributed by atoms with Crippen molar-refractivity contribution in [1.82, 2.24) is 0 Å². The minimum Gasteiger partial charge on any atom is -0.0625 e. The lowest BCUT2D eigenvalue weighted by atomic mass is 9.77. The third-order valence-electron chi connectivity index (χ3n) is 2.69. The molecule has 0 bridgehead atoms. The van der Waals surface area contributed by atoms with Gasteiger partial charge in [-0.15, -0.1) is 0 Å². The van der Waals surface area contributed by atoms with Crippen LogP contribution in [0, 0.1) is 24.2 Å². The van der Waals surface area contributed by atoms with Crippen LogP contribution in [-0.2, 0) is 0 Å². The molecule has 1 aliphatic rings. The van der Waals surface area contributed by atoms with E-state index in [1.54, 1.807) is 0 Å². The first kappa shape index (κ1) is 8.10. The first-order valence-corrected chi connectivity index (χ1v) is 4.51. The molecule has 1 radical (unpaired) electrons. The molecule has 0 aliphatic heterocycles. The van der Waals surface area contributed by atoms with Crippen LogP contribution in [0.4, 0.5) is 0 Å². The van der Waals surface area contributed by atoms with E-state index in [0.717, 1.165) is 17.8 Å². The van der Waals surface area contributed by atoms with Gasteiger partial charge >= 0.3 is 0 Å². The van der Waals surface area contributed by atoms with Crippen LogP contribution in [0.5, 0.6) is 0 Å². The molecular formula is C10H19. The van der Waals surface area contributed by atoms with Crippen LogP contribution < -0.4 is 0 Å². The van der Waals surface area contributed by atoms with Gasteiger partial charge in [-0.2, -0.15) is 0 Å². The van der Waals surface area contributed by atoms with Gasteiger partial charge in [0.2, 0.25) is 0 Å². The van der Waals surface area contributed by atoms with Gasteiger partial charge in [0.05, 0.1) is 0 Å². The Kier molecular flexibility index (Phi) is 2.76. The number of hydrogen-bond donors (Lipinski definition) is 0. The summed E-state index contributed by atoms with van der Waals surface area (Å²) in [5.74, 6) is 2.81. The van der Waals surface area contributed by atoms with Crippen LogP contribution in [-0.4, -0.2) is 0 Å². The second kappa shape index (κ2) is 3.41. The molecule has 0 nitrogen and oxygen atoms in total. The zero-order valence-corrected chi connectivity index (χ0v) is 7.43. The van der Waals surface area contributed by atoms with Crippen LogP contribution in [0.2, 0.25) is 0 Å². The summed E-state index contributed by atoms with van der Waals surface area (Å²) in [6, 6.07) is 0. The predicted molar refractivity (Wildman–Crippen MR) is 45.6 cm³/mol. The molecule has 2 unspecified atom stereocenters. The number of rotatable bonds is 1. The van der Waals surface area contributed by atoms with Gasteiger partial charge < -0.3 is 0 Å². The molecule has 1 fully saturated rings. The fourth-order valence-electron chi connectivity index (χ4n) is 1.85. The lowest BCUT2D eigenvalue weighted by Crippen LogP contribution is -2.18. The molecule has 1 saturated carbocycles. The summed E-state index contributed by atoms with van der Waals surface area (Å²) < 4.78 is 0. The maximum atomic E-state index is 2.47. The van der Waals surface area contributed by atoms with E-state index in [9.17, 15) is 0 Å². The molecule has 0 amide bonds. The van der Waals surface area contributed by atoms with E-state index in [2.05, 4.69) is 27.2 Å². The predicted octanol–water partition coefficient (Wildman–Crippen LogP) is 3.28. The molecule has 0 heteroatoms. The molecular weight excluding hydrogens is 120 g/mol. The second-order valence-electron chi connectivity index (χ2n) is 4.11. The minimum atomic E-state index is 0.888. The SMILES string of the molecule is CC1C[CH]CC(C(C)C)C1. The Bertz CT molecular complexity index is 94.2. The van der Waals surface area contributed by atoms with Gasteiger partial charge in [-0.25, -0.2) is 0 Å². The van der Waals surface area contributed by atoms with E-state index < -0.39 is 0 Å². The van der Waals surface area contributed by atoms with Crippen LogP contribution >= 0.6 is 0 Å². The molecule has 0 aromatic rings. The molecule has 0 spiro atoms. The van der Waals surface area contributed by atoms with Gasteiger partial charge in [0.15, 0.2) is 0 Å². The van der Waals surface area contributed by atoms with Gasteiger partial charge in [0, 0.05) is 0 Å². The highest BCUT2D eigenvalue weighted by Gasteiger charge is 2.20. The van der Waals surface area contributed by atoms with Gasteiger partial charge in [0.25, 0.3) is 0 Å². The lowest BCUT2D eigenvalue weighted by molar-refractivity contribution is 0.264. The smallest absolute Gasteiger partial charge is 0.0380 e. The molecule has 1 rings (SSSR count). The summed E-state index contributed by atoms with van der Waals surface area (Å²) >= 11 is 0. The lowest BCUT2D eigenvalue weighted by Gasteiger charge is -2.29. The van der Waals surface area contributed by atoms with Crippen LogP contribution in [0.3, 0.4) is 0 Å². The van der Waals surface area contributed by atoms with Crippen molar-refractivity contribution in [3.05, 3.63) is 6.42 Å². The van der Waals surface area contributed by atoms with Crippen LogP contribution in [0.25, 0.3) is 0 Å². The summed E-state index contributed by atoms with van der Waals surface area (Å²) in [6.45, 7) is 7.05. The zero-order valence-electron chi connectivity index (χ0n) is 7.43. The monoisotopic (exact) mass is 139 g/mol. The van der Waals surface area contributed by atoms with E-state index in [4.69, 9.17) is 0 Å². The Morgan fingerprint density at radius 1 is 1.30 bits per heavy atom. The van der Waals surface area contributed by atoms with Crippen molar-refractivity contribution in [2.24, 2.45) is 17.8 Å². The van der Waals surface area contributed by atoms with E-state index in [0.29, 0.717) is 0 Å². The van der Waals surface area contributed by atoms with Gasteiger partial charge in [0.1, 0.15) is 0 Å². The largest absolute Gasteiger partial charge is 0.0625 e. The maximum Gasteiger partial charge on any atom is -0.0380 e. The summed E-state index contributed by atoms with van der Waals surface area (Å²) in [5.41, 5.74) is 0. The summed E-state index contributed by atoms with van der Waals surface area (Å²) in [4.78, 5) is 0. The highest BCUT2D eigenvalue weighted by Crippen LogP contribution is 2.32. The highest BCUT2D eigenvalue weighted by atomic mass is 14.3. The summed E-state index contributed by atoms with van der Waals surface area (Å²) in [6.07, 6.45) is 6.64. The molecule has 0 aromatic heterocycles. The summed E-state index contributed by atoms with van der Waals surface area (Å²) in [7, 11) is 0. The summed E-state index contributed by atoms with van der Waals surface area (Å²) in [5, 5.41) is 0. The van der Waals surface area contributed by atoms with Crippen molar-refractivity contribution in [2.75, 3.05) is 0 Å². The Labute approximate surface area is 65.0 Å². The van der Waals surface area contributed by atoms with Crippen molar-refractivity contribution in [3.8, 4) is 0 Å². The fourth-order valence-corrected chi connectivity index (χ4v) is 1.85. The maximum absolute atomic E-state index is 2.47. The molecule has 2 atom stereocenters. The molecule has 10 heavy (non-hydrogen) atoms. The quantitative estimate of drug-likeness (QED) is 0.523. The van der Waals surface area contributed by atoms with E-state index >= 15 is 0 Å². The standard InChI is InChI=1S/C10H19/c1-8(2)10-6-4-5-9(3)7-10/h4,8-10H,5-7H2,1-3H3. The van der Waals surface area contributed by atoms with Gasteiger partial charge in [-0.1, -0.05) is 20.8 Å². The Morgan fingerprint density at radius 3 is 2.40 bits per heavy atom. The molecule has 1 aliphatic carbocycles. The van der Waals surface area contributed by atoms with Crippen LogP contribution in [0.15, 0.2) is 0 Å². The Morgan fingerprint density at radius 2 is 2.00 bits per heavy atom. The third kappa shape index (κ3) is 2.00. The first-order chi connectivity index (χ1) is 4.70. The topological polar surface area (TPSA) is 0 Å². The van der Waals surface area contributed by atoms with Crippen molar-refractivity contribution >= 4 is 0 Å². The van der Waals surface area contributed by atoms with Gasteiger partial charge in [-0.3, -0.25) is 0 Å². The molecule has 0 heterocycles. The minimum absolute atomic E-state index is 0.888. The van der Waals surface area contributed by atoms with E-state index in [1.807, 2.05) is 0 Å². The highest BCUT2D eigenvalue weighted by molar-refractivity contribution is 4.82. The fraction of sp³-hybridized carbons (Fsp3) is 0.900. The molecule has 59 valence electrons. The van der Waals surface area contributed by atoms with Crippen molar-refractivity contribution in [2.45, 2.75) is 40.0 Å². The van der Waals surface area contributed by atoms with Gasteiger partial charge in [-0.05, 0) is 43.4 Å². The number of hydrogen-bond acceptors (Lipinski definition) is 0.